The summed E-state index contributed by atoms with van der Waals surface area (Å²) in [4.78, 5) is 14.4. The molecule has 1 unspecified atom stereocenters. The second-order valence-corrected chi connectivity index (χ2v) is 5.06. The van der Waals surface area contributed by atoms with Gasteiger partial charge in [-0.3, -0.25) is 4.57 Å². The third-order valence-electron chi connectivity index (χ3n) is 3.21. The van der Waals surface area contributed by atoms with Crippen LogP contribution in [0, 0.1) is 16.0 Å². The van der Waals surface area contributed by atoms with Crippen LogP contribution in [0.25, 0.3) is 0 Å². The van der Waals surface area contributed by atoms with E-state index in [-0.39, 0.29) is 17.8 Å². The summed E-state index contributed by atoms with van der Waals surface area (Å²) in [6, 6.07) is 9.90. The van der Waals surface area contributed by atoms with Crippen LogP contribution in [0.1, 0.15) is 25.5 Å². The van der Waals surface area contributed by atoms with Gasteiger partial charge >= 0.3 is 5.82 Å². The Balaban J connectivity index is 2.35. The Hall–Kier alpha value is -2.37. The highest BCUT2D eigenvalue weighted by Crippen LogP contribution is 2.30. The first-order chi connectivity index (χ1) is 9.50. The maximum atomic E-state index is 11.0. The van der Waals surface area contributed by atoms with Gasteiger partial charge < -0.3 is 15.4 Å². The molecule has 0 bridgehead atoms. The number of nitrogens with one attached hydrogen (secondary N) is 1. The minimum Gasteiger partial charge on any atom is -0.358 e. The van der Waals surface area contributed by atoms with Gasteiger partial charge in [-0.25, -0.2) is 0 Å². The number of rotatable bonds is 5. The first-order valence-corrected chi connectivity index (χ1v) is 6.48. The van der Waals surface area contributed by atoms with Crippen molar-refractivity contribution in [3.05, 3.63) is 52.3 Å². The molecule has 0 fully saturated rings. The molecule has 2 rings (SSSR count). The Morgan fingerprint density at radius 1 is 1.30 bits per heavy atom. The van der Waals surface area contributed by atoms with Crippen molar-refractivity contribution in [3.63, 3.8) is 0 Å². The molecule has 0 saturated heterocycles. The van der Waals surface area contributed by atoms with Gasteiger partial charge in [0.15, 0.2) is 0 Å². The summed E-state index contributed by atoms with van der Waals surface area (Å²) >= 11 is 0. The first-order valence-electron chi connectivity index (χ1n) is 6.48. The Morgan fingerprint density at radius 2 is 1.95 bits per heavy atom. The van der Waals surface area contributed by atoms with Crippen LogP contribution in [-0.2, 0) is 7.05 Å². The summed E-state index contributed by atoms with van der Waals surface area (Å²) in [6.45, 7) is 4.15. The van der Waals surface area contributed by atoms with Crippen molar-refractivity contribution in [2.24, 2.45) is 13.0 Å². The zero-order valence-corrected chi connectivity index (χ0v) is 11.8. The van der Waals surface area contributed by atoms with Crippen LogP contribution in [0.15, 0.2) is 36.7 Å². The van der Waals surface area contributed by atoms with E-state index in [9.17, 15) is 10.1 Å². The summed E-state index contributed by atoms with van der Waals surface area (Å²) in [7, 11) is 1.74. The van der Waals surface area contributed by atoms with Gasteiger partial charge in [0.1, 0.15) is 0 Å². The van der Waals surface area contributed by atoms with Gasteiger partial charge in [-0.2, -0.15) is 0 Å². The molecule has 2 aromatic rings. The summed E-state index contributed by atoms with van der Waals surface area (Å²) < 4.78 is 1.64. The van der Waals surface area contributed by atoms with E-state index in [4.69, 9.17) is 0 Å². The Morgan fingerprint density at radius 3 is 2.50 bits per heavy atom. The normalized spacial score (nSPS) is 12.4. The lowest BCUT2D eigenvalue weighted by atomic mass is 9.96. The number of hydrogen-bond donors (Lipinski definition) is 1. The monoisotopic (exact) mass is 274 g/mol. The van der Waals surface area contributed by atoms with E-state index in [1.807, 2.05) is 30.3 Å². The highest BCUT2D eigenvalue weighted by Gasteiger charge is 2.24. The molecule has 0 amide bonds. The predicted octanol–water partition coefficient (Wildman–Crippen LogP) is 3.14. The third-order valence-corrected chi connectivity index (χ3v) is 3.21. The lowest BCUT2D eigenvalue weighted by Crippen LogP contribution is -2.19. The fraction of sp³-hybridized carbons (Fsp3) is 0.357. The van der Waals surface area contributed by atoms with Crippen molar-refractivity contribution in [2.45, 2.75) is 19.9 Å². The molecule has 1 atom stereocenters. The van der Waals surface area contributed by atoms with E-state index in [2.05, 4.69) is 24.1 Å². The van der Waals surface area contributed by atoms with E-state index >= 15 is 0 Å². The van der Waals surface area contributed by atoms with Crippen LogP contribution in [0.2, 0.25) is 0 Å². The minimum atomic E-state index is -0.468. The number of anilines is 1. The van der Waals surface area contributed by atoms with Crippen molar-refractivity contribution in [3.8, 4) is 0 Å². The van der Waals surface area contributed by atoms with E-state index in [0.717, 1.165) is 5.56 Å². The van der Waals surface area contributed by atoms with Crippen molar-refractivity contribution in [1.82, 2.24) is 9.55 Å². The molecule has 0 radical (unpaired) electrons. The SMILES string of the molecule is CC(C)C(Nc1c([N+](=O)[O-])ncn1C)c1ccccc1. The van der Waals surface area contributed by atoms with Gasteiger partial charge in [0.2, 0.25) is 12.1 Å². The van der Waals surface area contributed by atoms with Crippen LogP contribution in [0.4, 0.5) is 11.6 Å². The maximum absolute atomic E-state index is 11.0. The van der Waals surface area contributed by atoms with Crippen molar-refractivity contribution < 1.29 is 4.92 Å². The average Bonchev–Trinajstić information content (AvgIpc) is 2.78. The topological polar surface area (TPSA) is 73.0 Å². The molecule has 20 heavy (non-hydrogen) atoms. The summed E-state index contributed by atoms with van der Waals surface area (Å²) in [6.07, 6.45) is 1.45. The van der Waals surface area contributed by atoms with Crippen LogP contribution >= 0.6 is 0 Å². The predicted molar refractivity (Wildman–Crippen MR) is 77.5 cm³/mol. The minimum absolute atomic E-state index is 0.00898. The summed E-state index contributed by atoms with van der Waals surface area (Å²) in [5.74, 6) is 0.568. The van der Waals surface area contributed by atoms with E-state index in [1.54, 1.807) is 11.6 Å². The first kappa shape index (κ1) is 14.0. The van der Waals surface area contributed by atoms with Crippen LogP contribution < -0.4 is 5.32 Å². The van der Waals surface area contributed by atoms with E-state index in [1.165, 1.54) is 6.33 Å². The molecule has 1 heterocycles. The van der Waals surface area contributed by atoms with Crippen LogP contribution in [-0.4, -0.2) is 14.5 Å². The smallest absolute Gasteiger partial charge is 0.358 e. The quantitative estimate of drug-likeness (QED) is 0.671. The molecule has 1 aromatic heterocycles. The number of nitro groups is 1. The zero-order valence-electron chi connectivity index (χ0n) is 11.8. The number of benzene rings is 1. The van der Waals surface area contributed by atoms with Crippen LogP contribution in [0.5, 0.6) is 0 Å². The van der Waals surface area contributed by atoms with Crippen molar-refractivity contribution in [2.75, 3.05) is 5.32 Å². The molecule has 0 aliphatic rings. The molecule has 0 aliphatic carbocycles. The van der Waals surface area contributed by atoms with E-state index < -0.39 is 4.92 Å². The Labute approximate surface area is 117 Å². The summed E-state index contributed by atoms with van der Waals surface area (Å²) in [5, 5.41) is 14.3. The standard InChI is InChI=1S/C14H18N4O2/c1-10(2)12(11-7-5-4-6-8-11)16-14-13(18(19)20)15-9-17(14)3/h4-10,12,16H,1-3H3. The largest absolute Gasteiger partial charge is 0.406 e. The fourth-order valence-electron chi connectivity index (χ4n) is 2.16. The lowest BCUT2D eigenvalue weighted by Gasteiger charge is -2.23. The molecule has 106 valence electrons. The molecular formula is C14H18N4O2. The second kappa shape index (κ2) is 5.73. The lowest BCUT2D eigenvalue weighted by molar-refractivity contribution is -0.388. The van der Waals surface area contributed by atoms with Gasteiger partial charge in [-0.1, -0.05) is 44.2 Å². The number of aromatic nitrogens is 2. The van der Waals surface area contributed by atoms with Gasteiger partial charge in [-0.05, 0) is 21.4 Å². The zero-order chi connectivity index (χ0) is 14.7. The molecule has 0 saturated carbocycles. The highest BCUT2D eigenvalue weighted by molar-refractivity contribution is 5.53. The molecular weight excluding hydrogens is 256 g/mol. The Bertz CT molecular complexity index is 592. The molecule has 1 N–H and O–H groups in total. The second-order valence-electron chi connectivity index (χ2n) is 5.06. The number of nitrogens with zero attached hydrogens (tertiary/aromatic N) is 3. The summed E-state index contributed by atoms with van der Waals surface area (Å²) in [5.41, 5.74) is 1.10. The van der Waals surface area contributed by atoms with Gasteiger partial charge in [0, 0.05) is 7.05 Å². The number of hydrogen-bond acceptors (Lipinski definition) is 4. The third kappa shape index (κ3) is 2.79. The van der Waals surface area contributed by atoms with Crippen molar-refractivity contribution >= 4 is 11.6 Å². The highest BCUT2D eigenvalue weighted by atomic mass is 16.6. The fourth-order valence-corrected chi connectivity index (χ4v) is 2.16. The molecule has 0 spiro atoms. The molecule has 0 aliphatic heterocycles. The van der Waals surface area contributed by atoms with Gasteiger partial charge in [0.05, 0.1) is 6.04 Å². The molecule has 1 aromatic carbocycles. The molecule has 6 heteroatoms. The van der Waals surface area contributed by atoms with Gasteiger partial charge in [-0.15, -0.1) is 0 Å². The van der Waals surface area contributed by atoms with Crippen LogP contribution in [0.3, 0.4) is 0 Å². The maximum Gasteiger partial charge on any atom is 0.406 e. The van der Waals surface area contributed by atoms with Gasteiger partial charge in [0.25, 0.3) is 0 Å². The average molecular weight is 274 g/mol. The van der Waals surface area contributed by atoms with Crippen molar-refractivity contribution in [1.29, 1.82) is 0 Å². The number of imidazole rings is 1. The number of aryl methyl sites for hydroxylation is 1. The Kier molecular flexibility index (Phi) is 4.02. The molecule has 6 nitrogen and oxygen atoms in total. The van der Waals surface area contributed by atoms with E-state index in [0.29, 0.717) is 5.82 Å².